The van der Waals surface area contributed by atoms with E-state index in [1.807, 2.05) is 37.3 Å². The van der Waals surface area contributed by atoms with E-state index in [0.717, 1.165) is 12.1 Å². The van der Waals surface area contributed by atoms with Gasteiger partial charge in [0.2, 0.25) is 0 Å². The molecule has 0 spiro atoms. The Labute approximate surface area is 96.9 Å². The van der Waals surface area contributed by atoms with Gasteiger partial charge in [-0.2, -0.15) is 5.26 Å². The van der Waals surface area contributed by atoms with Gasteiger partial charge in [0.25, 0.3) is 0 Å². The van der Waals surface area contributed by atoms with Crippen LogP contribution in [0.5, 0.6) is 0 Å². The fourth-order valence-electron chi connectivity index (χ4n) is 1.71. The Kier molecular flexibility index (Phi) is 4.81. The number of aliphatic hydroxyl groups is 1. The summed E-state index contributed by atoms with van der Waals surface area (Å²) in [5.41, 5.74) is 0.887. The van der Waals surface area contributed by atoms with E-state index in [4.69, 9.17) is 5.26 Å². The molecule has 1 aromatic rings. The molecular weight excluding hydrogens is 200 g/mol. The Bertz CT molecular complexity index is 345. The Morgan fingerprint density at radius 1 is 1.38 bits per heavy atom. The maximum atomic E-state index is 10.0. The number of rotatable bonds is 5. The predicted octanol–water partition coefficient (Wildman–Crippen LogP) is 2.52. The number of hydrogen-bond acceptors (Lipinski definition) is 3. The lowest BCUT2D eigenvalue weighted by atomic mass is 10.2. The highest BCUT2D eigenvalue weighted by molar-refractivity contribution is 5.48. The Balaban J connectivity index is 2.93. The van der Waals surface area contributed by atoms with Crippen molar-refractivity contribution >= 4 is 5.69 Å². The van der Waals surface area contributed by atoms with Crippen molar-refractivity contribution in [1.82, 2.24) is 0 Å². The molecule has 1 aromatic carbocycles. The van der Waals surface area contributed by atoms with E-state index in [0.29, 0.717) is 6.42 Å². The fraction of sp³-hybridized carbons (Fsp3) is 0.462. The lowest BCUT2D eigenvalue weighted by Crippen LogP contribution is -2.41. The summed E-state index contributed by atoms with van der Waals surface area (Å²) in [4.78, 5) is 1.75. The third kappa shape index (κ3) is 2.98. The van der Waals surface area contributed by atoms with E-state index in [-0.39, 0.29) is 6.04 Å². The second-order valence-electron chi connectivity index (χ2n) is 3.82. The molecule has 1 rings (SSSR count). The summed E-state index contributed by atoms with van der Waals surface area (Å²) in [7, 11) is 0. The minimum atomic E-state index is -0.595. The second kappa shape index (κ2) is 6.14. The van der Waals surface area contributed by atoms with Crippen LogP contribution in [0.1, 0.15) is 26.7 Å². The van der Waals surface area contributed by atoms with Gasteiger partial charge in [0.15, 0.2) is 0 Å². The Morgan fingerprint density at radius 3 is 2.50 bits per heavy atom. The number of para-hydroxylation sites is 1. The maximum absolute atomic E-state index is 10.0. The average molecular weight is 218 g/mol. The van der Waals surface area contributed by atoms with E-state index in [2.05, 4.69) is 6.07 Å². The second-order valence-corrected chi connectivity index (χ2v) is 3.82. The van der Waals surface area contributed by atoms with Crippen molar-refractivity contribution in [2.24, 2.45) is 0 Å². The zero-order valence-corrected chi connectivity index (χ0v) is 9.80. The molecule has 86 valence electrons. The first-order chi connectivity index (χ1) is 7.70. The first-order valence-corrected chi connectivity index (χ1v) is 5.61. The summed E-state index contributed by atoms with van der Waals surface area (Å²) in [6, 6.07) is 11.4. The van der Waals surface area contributed by atoms with Crippen LogP contribution in [0.4, 0.5) is 5.69 Å². The van der Waals surface area contributed by atoms with Crippen LogP contribution in [0.2, 0.25) is 0 Å². The summed E-state index contributed by atoms with van der Waals surface area (Å²) >= 11 is 0. The first kappa shape index (κ1) is 12.5. The molecule has 2 unspecified atom stereocenters. The van der Waals surface area contributed by atoms with Crippen molar-refractivity contribution in [1.29, 1.82) is 5.26 Å². The largest absolute Gasteiger partial charge is 0.374 e. The molecule has 0 aliphatic heterocycles. The fourth-order valence-corrected chi connectivity index (χ4v) is 1.71. The standard InChI is InChI=1S/C13H18N2O/c1-3-7-13(16)15(11(2)10-14)12-8-5-4-6-9-12/h4-6,8-9,11,13,16H,3,7H2,1-2H3. The lowest BCUT2D eigenvalue weighted by Gasteiger charge is -2.32. The molecule has 0 fully saturated rings. The quantitative estimate of drug-likeness (QED) is 0.772. The molecule has 0 aliphatic carbocycles. The van der Waals surface area contributed by atoms with Crippen molar-refractivity contribution in [3.63, 3.8) is 0 Å². The summed E-state index contributed by atoms with van der Waals surface area (Å²) in [5, 5.41) is 19.0. The molecular formula is C13H18N2O. The van der Waals surface area contributed by atoms with E-state index in [1.165, 1.54) is 0 Å². The molecule has 3 heteroatoms. The van der Waals surface area contributed by atoms with Crippen LogP contribution >= 0.6 is 0 Å². The summed E-state index contributed by atoms with van der Waals surface area (Å²) in [6.45, 7) is 3.81. The van der Waals surface area contributed by atoms with Gasteiger partial charge < -0.3 is 10.0 Å². The molecule has 0 bridgehead atoms. The van der Waals surface area contributed by atoms with Gasteiger partial charge in [-0.3, -0.25) is 0 Å². The number of nitriles is 1. The minimum Gasteiger partial charge on any atom is -0.374 e. The molecule has 0 amide bonds. The van der Waals surface area contributed by atoms with Crippen LogP contribution < -0.4 is 4.90 Å². The lowest BCUT2D eigenvalue weighted by molar-refractivity contribution is 0.153. The van der Waals surface area contributed by atoms with Gasteiger partial charge in [-0.15, -0.1) is 0 Å². The molecule has 0 heterocycles. The van der Waals surface area contributed by atoms with Gasteiger partial charge in [0.1, 0.15) is 12.3 Å². The van der Waals surface area contributed by atoms with E-state index < -0.39 is 6.23 Å². The van der Waals surface area contributed by atoms with Crippen LogP contribution in [0.15, 0.2) is 30.3 Å². The summed E-state index contributed by atoms with van der Waals surface area (Å²) in [5.74, 6) is 0. The van der Waals surface area contributed by atoms with Gasteiger partial charge in [-0.1, -0.05) is 31.5 Å². The molecule has 2 atom stereocenters. The molecule has 0 saturated carbocycles. The van der Waals surface area contributed by atoms with Gasteiger partial charge in [0, 0.05) is 5.69 Å². The van der Waals surface area contributed by atoms with Crippen molar-refractivity contribution in [3.05, 3.63) is 30.3 Å². The van der Waals surface area contributed by atoms with Crippen molar-refractivity contribution < 1.29 is 5.11 Å². The summed E-state index contributed by atoms with van der Waals surface area (Å²) in [6.07, 6.45) is 0.964. The molecule has 0 saturated heterocycles. The van der Waals surface area contributed by atoms with Crippen molar-refractivity contribution in [2.45, 2.75) is 39.0 Å². The molecule has 1 N–H and O–H groups in total. The van der Waals surface area contributed by atoms with Gasteiger partial charge in [0.05, 0.1) is 6.07 Å². The highest BCUT2D eigenvalue weighted by Crippen LogP contribution is 2.20. The summed E-state index contributed by atoms with van der Waals surface area (Å²) < 4.78 is 0. The Morgan fingerprint density at radius 2 is 2.00 bits per heavy atom. The topological polar surface area (TPSA) is 47.3 Å². The zero-order chi connectivity index (χ0) is 12.0. The van der Waals surface area contributed by atoms with Crippen molar-refractivity contribution in [3.8, 4) is 6.07 Å². The average Bonchev–Trinajstić information content (AvgIpc) is 2.31. The zero-order valence-electron chi connectivity index (χ0n) is 9.80. The predicted molar refractivity (Wildman–Crippen MR) is 64.9 cm³/mol. The van der Waals surface area contributed by atoms with Crippen LogP contribution in [0, 0.1) is 11.3 Å². The Hall–Kier alpha value is -1.53. The van der Waals surface area contributed by atoms with Gasteiger partial charge in [-0.25, -0.2) is 0 Å². The van der Waals surface area contributed by atoms with E-state index >= 15 is 0 Å². The van der Waals surface area contributed by atoms with Crippen LogP contribution in [-0.4, -0.2) is 17.4 Å². The monoisotopic (exact) mass is 218 g/mol. The van der Waals surface area contributed by atoms with Crippen LogP contribution in [0.3, 0.4) is 0 Å². The van der Waals surface area contributed by atoms with Crippen molar-refractivity contribution in [2.75, 3.05) is 4.90 Å². The third-order valence-corrected chi connectivity index (χ3v) is 2.53. The molecule has 0 aliphatic rings. The van der Waals surface area contributed by atoms with Gasteiger partial charge >= 0.3 is 0 Å². The number of aliphatic hydroxyl groups excluding tert-OH is 1. The smallest absolute Gasteiger partial charge is 0.127 e. The highest BCUT2D eigenvalue weighted by Gasteiger charge is 2.20. The van der Waals surface area contributed by atoms with Crippen LogP contribution in [0.25, 0.3) is 0 Å². The van der Waals surface area contributed by atoms with E-state index in [1.54, 1.807) is 11.8 Å². The van der Waals surface area contributed by atoms with Crippen LogP contribution in [-0.2, 0) is 0 Å². The SMILES string of the molecule is CCCC(O)N(c1ccccc1)C(C)C#N. The maximum Gasteiger partial charge on any atom is 0.127 e. The van der Waals surface area contributed by atoms with E-state index in [9.17, 15) is 5.11 Å². The molecule has 16 heavy (non-hydrogen) atoms. The molecule has 0 aromatic heterocycles. The number of hydrogen-bond donors (Lipinski definition) is 1. The molecule has 0 radical (unpaired) electrons. The normalized spacial score (nSPS) is 13.9. The number of nitrogens with zero attached hydrogens (tertiary/aromatic N) is 2. The number of anilines is 1. The van der Waals surface area contributed by atoms with Gasteiger partial charge in [-0.05, 0) is 25.5 Å². The highest BCUT2D eigenvalue weighted by atomic mass is 16.3. The first-order valence-electron chi connectivity index (χ1n) is 5.61. The number of benzene rings is 1. The third-order valence-electron chi connectivity index (χ3n) is 2.53. The molecule has 3 nitrogen and oxygen atoms in total. The minimum absolute atomic E-state index is 0.330.